The first-order valence-electron chi connectivity index (χ1n) is 11.6. The molecule has 0 spiro atoms. The molecule has 8 nitrogen and oxygen atoms in total. The number of benzene rings is 1. The summed E-state index contributed by atoms with van der Waals surface area (Å²) in [5, 5.41) is 7.98. The lowest BCUT2D eigenvalue weighted by atomic mass is 9.95. The van der Waals surface area contributed by atoms with Gasteiger partial charge in [0.05, 0.1) is 18.9 Å². The Hall–Kier alpha value is -3.26. The maximum atomic E-state index is 6.10. The van der Waals surface area contributed by atoms with Crippen LogP contribution in [-0.4, -0.2) is 64.4 Å². The zero-order valence-corrected chi connectivity index (χ0v) is 19.2. The summed E-state index contributed by atoms with van der Waals surface area (Å²) in [7, 11) is 5.98. The molecule has 8 heteroatoms. The van der Waals surface area contributed by atoms with E-state index in [1.54, 1.807) is 13.3 Å². The minimum absolute atomic E-state index is 0.473. The molecule has 5 heterocycles. The van der Waals surface area contributed by atoms with Gasteiger partial charge in [-0.1, -0.05) is 12.1 Å². The molecular weight excluding hydrogens is 416 g/mol. The Balaban J connectivity index is 1.26. The molecule has 2 bridgehead atoms. The molecule has 0 N–H and O–H groups in total. The third kappa shape index (κ3) is 3.49. The van der Waals surface area contributed by atoms with E-state index in [-0.39, 0.29) is 0 Å². The van der Waals surface area contributed by atoms with E-state index in [1.807, 2.05) is 12.3 Å². The average Bonchev–Trinajstić information content (AvgIpc) is 3.06. The molecule has 3 aliphatic heterocycles. The van der Waals surface area contributed by atoms with Crippen molar-refractivity contribution in [3.05, 3.63) is 42.2 Å². The maximum Gasteiger partial charge on any atom is 0.233 e. The van der Waals surface area contributed by atoms with E-state index in [9.17, 15) is 0 Å². The van der Waals surface area contributed by atoms with Crippen LogP contribution in [0.25, 0.3) is 22.3 Å². The fourth-order valence-corrected chi connectivity index (χ4v) is 5.59. The molecule has 2 fully saturated rings. The number of fused-ring (bicyclic) bond motifs is 5. The Kier molecular flexibility index (Phi) is 4.90. The fourth-order valence-electron chi connectivity index (χ4n) is 5.59. The average molecular weight is 445 g/mol. The quantitative estimate of drug-likeness (QED) is 0.605. The fraction of sp³-hybridized carbons (Fsp3) is 0.440. The minimum Gasteiger partial charge on any atom is -0.480 e. The summed E-state index contributed by atoms with van der Waals surface area (Å²) in [6.45, 7) is 0.477. The third-order valence-electron chi connectivity index (χ3n) is 7.61. The van der Waals surface area contributed by atoms with E-state index in [0.717, 1.165) is 33.8 Å². The summed E-state index contributed by atoms with van der Waals surface area (Å²) in [4.78, 5) is 14.4. The van der Waals surface area contributed by atoms with Gasteiger partial charge in [0.2, 0.25) is 17.7 Å². The highest BCUT2D eigenvalue weighted by Crippen LogP contribution is 2.40. The molecule has 3 aliphatic rings. The van der Waals surface area contributed by atoms with Gasteiger partial charge < -0.3 is 19.3 Å². The zero-order chi connectivity index (χ0) is 22.5. The second-order valence-electron chi connectivity index (χ2n) is 9.32. The van der Waals surface area contributed by atoms with Crippen LogP contribution in [0.5, 0.6) is 11.8 Å². The number of ether oxygens (including phenoxy) is 2. The van der Waals surface area contributed by atoms with Crippen LogP contribution in [0.2, 0.25) is 0 Å². The van der Waals surface area contributed by atoms with Crippen molar-refractivity contribution in [3.63, 3.8) is 0 Å². The lowest BCUT2D eigenvalue weighted by Crippen LogP contribution is -2.48. The number of hydrogen-bond donors (Lipinski definition) is 0. The van der Waals surface area contributed by atoms with Crippen molar-refractivity contribution < 1.29 is 9.47 Å². The number of anilines is 1. The maximum absolute atomic E-state index is 6.10. The van der Waals surface area contributed by atoms with Crippen molar-refractivity contribution in [2.24, 2.45) is 0 Å². The second-order valence-corrected chi connectivity index (χ2v) is 9.32. The highest BCUT2D eigenvalue weighted by molar-refractivity contribution is 5.77. The topological polar surface area (TPSA) is 76.5 Å². The Bertz CT molecular complexity index is 1190. The van der Waals surface area contributed by atoms with Gasteiger partial charge >= 0.3 is 0 Å². The highest BCUT2D eigenvalue weighted by Gasteiger charge is 2.40. The first-order valence-corrected chi connectivity index (χ1v) is 11.6. The normalized spacial score (nSPS) is 23.4. The van der Waals surface area contributed by atoms with Crippen LogP contribution in [0.3, 0.4) is 0 Å². The molecule has 2 aromatic heterocycles. The van der Waals surface area contributed by atoms with Crippen LogP contribution >= 0.6 is 0 Å². The molecule has 0 radical (unpaired) electrons. The predicted octanol–water partition coefficient (Wildman–Crippen LogP) is 3.56. The Labute approximate surface area is 193 Å². The van der Waals surface area contributed by atoms with Gasteiger partial charge in [-0.3, -0.25) is 0 Å². The molecule has 1 aromatic carbocycles. The van der Waals surface area contributed by atoms with E-state index in [2.05, 4.69) is 52.3 Å². The van der Waals surface area contributed by atoms with Gasteiger partial charge in [0.1, 0.15) is 6.61 Å². The van der Waals surface area contributed by atoms with Crippen molar-refractivity contribution in [2.45, 2.75) is 50.4 Å². The summed E-state index contributed by atoms with van der Waals surface area (Å²) < 4.78 is 11.3. The summed E-state index contributed by atoms with van der Waals surface area (Å²) in [5.41, 5.74) is 5.15. The van der Waals surface area contributed by atoms with Crippen molar-refractivity contribution in [1.29, 1.82) is 0 Å². The first kappa shape index (κ1) is 20.4. The van der Waals surface area contributed by atoms with E-state index >= 15 is 0 Å². The molecule has 3 atom stereocenters. The molecule has 6 rings (SSSR count). The number of rotatable bonds is 4. The van der Waals surface area contributed by atoms with Crippen molar-refractivity contribution in [3.8, 4) is 34.0 Å². The highest BCUT2D eigenvalue weighted by atomic mass is 16.5. The van der Waals surface area contributed by atoms with Crippen LogP contribution in [0, 0.1) is 0 Å². The van der Waals surface area contributed by atoms with Crippen molar-refractivity contribution in [1.82, 2.24) is 25.1 Å². The SMILES string of the molecule is COc1cc(-c2ccc3c(c2)COc2nc(N(C)C4C[C@H]5CC[C@@H](C4)N5C)ncc2-3)cnn1. The van der Waals surface area contributed by atoms with Gasteiger partial charge in [-0.15, -0.1) is 5.10 Å². The lowest BCUT2D eigenvalue weighted by Gasteiger charge is -2.40. The number of aromatic nitrogens is 4. The standard InChI is InChI=1S/C25H28N6O2/c1-30-18-5-6-19(30)11-20(10-18)31(2)25-26-13-22-21-7-4-15(8-17(21)14-33-24(22)28-25)16-9-23(32-3)29-27-12-16/h4,7-9,12-13,18-20H,5-6,10-11,14H2,1-3H3/t18-,19+,20?. The number of hydrogen-bond acceptors (Lipinski definition) is 8. The van der Waals surface area contributed by atoms with Gasteiger partial charge in [-0.05, 0) is 55.5 Å². The number of piperidine rings is 1. The van der Waals surface area contributed by atoms with Crippen LogP contribution in [0.4, 0.5) is 5.95 Å². The van der Waals surface area contributed by atoms with Crippen LogP contribution < -0.4 is 14.4 Å². The number of nitrogens with zero attached hydrogens (tertiary/aromatic N) is 6. The van der Waals surface area contributed by atoms with Gasteiger partial charge in [-0.2, -0.15) is 10.1 Å². The Morgan fingerprint density at radius 3 is 2.67 bits per heavy atom. The lowest BCUT2D eigenvalue weighted by molar-refractivity contribution is 0.160. The van der Waals surface area contributed by atoms with E-state index in [1.165, 1.54) is 25.7 Å². The molecule has 0 aliphatic carbocycles. The Morgan fingerprint density at radius 2 is 1.88 bits per heavy atom. The molecule has 2 saturated heterocycles. The van der Waals surface area contributed by atoms with Crippen LogP contribution in [0.15, 0.2) is 36.7 Å². The predicted molar refractivity (Wildman–Crippen MR) is 125 cm³/mol. The summed E-state index contributed by atoms with van der Waals surface area (Å²) in [6.07, 6.45) is 8.60. The smallest absolute Gasteiger partial charge is 0.233 e. The van der Waals surface area contributed by atoms with Gasteiger partial charge in [0.15, 0.2) is 0 Å². The van der Waals surface area contributed by atoms with Crippen molar-refractivity contribution in [2.75, 3.05) is 26.1 Å². The molecule has 33 heavy (non-hydrogen) atoms. The third-order valence-corrected chi connectivity index (χ3v) is 7.61. The van der Waals surface area contributed by atoms with Crippen molar-refractivity contribution >= 4 is 5.95 Å². The molecule has 1 unspecified atom stereocenters. The van der Waals surface area contributed by atoms with Gasteiger partial charge in [0.25, 0.3) is 0 Å². The molecule has 0 amide bonds. The van der Waals surface area contributed by atoms with Gasteiger partial charge in [0, 0.05) is 43.0 Å². The van der Waals surface area contributed by atoms with Crippen LogP contribution in [0.1, 0.15) is 31.2 Å². The summed E-state index contributed by atoms with van der Waals surface area (Å²) >= 11 is 0. The van der Waals surface area contributed by atoms with Gasteiger partial charge in [-0.25, -0.2) is 4.98 Å². The molecule has 170 valence electrons. The summed E-state index contributed by atoms with van der Waals surface area (Å²) in [5.74, 6) is 1.91. The second kappa shape index (κ2) is 7.95. The molecular formula is C25H28N6O2. The molecule has 3 aromatic rings. The monoisotopic (exact) mass is 444 g/mol. The van der Waals surface area contributed by atoms with E-state index < -0.39 is 0 Å². The zero-order valence-electron chi connectivity index (χ0n) is 19.2. The molecule has 0 saturated carbocycles. The summed E-state index contributed by atoms with van der Waals surface area (Å²) in [6, 6.07) is 10.0. The minimum atomic E-state index is 0.473. The number of methoxy groups -OCH3 is 1. The van der Waals surface area contributed by atoms with Crippen LogP contribution in [-0.2, 0) is 6.61 Å². The first-order chi connectivity index (χ1) is 16.1. The van der Waals surface area contributed by atoms with E-state index in [4.69, 9.17) is 19.4 Å². The van der Waals surface area contributed by atoms with E-state index in [0.29, 0.717) is 36.5 Å². The largest absolute Gasteiger partial charge is 0.480 e. The Morgan fingerprint density at radius 1 is 1.06 bits per heavy atom.